The van der Waals surface area contributed by atoms with E-state index in [1.165, 1.54) is 12.8 Å². The summed E-state index contributed by atoms with van der Waals surface area (Å²) >= 11 is 0. The van der Waals surface area contributed by atoms with Crippen LogP contribution in [-0.2, 0) is 4.79 Å². The van der Waals surface area contributed by atoms with Crippen LogP contribution >= 0.6 is 0 Å². The summed E-state index contributed by atoms with van der Waals surface area (Å²) < 4.78 is 11.1. The zero-order valence-corrected chi connectivity index (χ0v) is 16.1. The molecular weight excluding hydrogens is 340 g/mol. The Morgan fingerprint density at radius 2 is 1.56 bits per heavy atom. The molecule has 0 radical (unpaired) electrons. The molecule has 1 aromatic carbocycles. The summed E-state index contributed by atoms with van der Waals surface area (Å²) in [5.41, 5.74) is 0.173. The summed E-state index contributed by atoms with van der Waals surface area (Å²) in [7, 11) is 0. The molecule has 1 aromatic rings. The van der Waals surface area contributed by atoms with E-state index in [-0.39, 0.29) is 22.8 Å². The smallest absolute Gasteiger partial charge is 0.317 e. The number of hydrogen-bond acceptors (Lipinski definition) is 5. The molecule has 2 bridgehead atoms. The van der Waals surface area contributed by atoms with Gasteiger partial charge in [-0.05, 0) is 69.4 Å². The third-order valence-corrected chi connectivity index (χ3v) is 6.47. The fourth-order valence-electron chi connectivity index (χ4n) is 4.83. The molecule has 142 valence electrons. The van der Waals surface area contributed by atoms with Crippen LogP contribution in [0.5, 0.6) is 11.5 Å². The lowest BCUT2D eigenvalue weighted by Crippen LogP contribution is -2.47. The fourth-order valence-corrected chi connectivity index (χ4v) is 4.83. The van der Waals surface area contributed by atoms with Crippen molar-refractivity contribution in [3.63, 3.8) is 0 Å². The normalized spacial score (nSPS) is 26.1. The van der Waals surface area contributed by atoms with Gasteiger partial charge in [0.1, 0.15) is 34.8 Å². The molecule has 5 nitrogen and oxygen atoms in total. The SMILES string of the molecule is CCCC12CCC(C(=O)Oc3ccc(OCC)c(C#N)c3C#N)(CC1)CC2. The zero-order valence-electron chi connectivity index (χ0n) is 16.1. The van der Waals surface area contributed by atoms with E-state index in [4.69, 9.17) is 9.47 Å². The predicted molar refractivity (Wildman–Crippen MR) is 100 cm³/mol. The first-order valence-electron chi connectivity index (χ1n) is 9.85. The number of nitrogens with zero attached hydrogens (tertiary/aromatic N) is 2. The average Bonchev–Trinajstić information content (AvgIpc) is 2.70. The van der Waals surface area contributed by atoms with Gasteiger partial charge in [-0.15, -0.1) is 0 Å². The summed E-state index contributed by atoms with van der Waals surface area (Å²) in [4.78, 5) is 13.0. The molecular formula is C22H26N2O3. The highest BCUT2D eigenvalue weighted by Gasteiger charge is 2.52. The molecule has 0 aromatic heterocycles. The second-order valence-corrected chi connectivity index (χ2v) is 7.89. The van der Waals surface area contributed by atoms with E-state index in [1.54, 1.807) is 12.1 Å². The molecule has 0 heterocycles. The minimum atomic E-state index is -0.437. The van der Waals surface area contributed by atoms with Crippen LogP contribution in [0.15, 0.2) is 12.1 Å². The number of carbonyl (C=O) groups excluding carboxylic acids is 1. The fraction of sp³-hybridized carbons (Fsp3) is 0.591. The first-order valence-corrected chi connectivity index (χ1v) is 9.85. The third-order valence-electron chi connectivity index (χ3n) is 6.47. The summed E-state index contributed by atoms with van der Waals surface area (Å²) in [5.74, 6) is 0.249. The minimum Gasteiger partial charge on any atom is -0.492 e. The molecule has 4 rings (SSSR count). The van der Waals surface area contributed by atoms with Crippen molar-refractivity contribution in [3.05, 3.63) is 23.3 Å². The Kier molecular flexibility index (Phi) is 5.42. The van der Waals surface area contributed by atoms with E-state index in [1.807, 2.05) is 19.1 Å². The molecule has 0 unspecified atom stereocenters. The average molecular weight is 366 g/mol. The number of esters is 1. The highest BCUT2D eigenvalue weighted by atomic mass is 16.5. The maximum absolute atomic E-state index is 13.0. The van der Waals surface area contributed by atoms with Gasteiger partial charge in [0.25, 0.3) is 0 Å². The van der Waals surface area contributed by atoms with E-state index < -0.39 is 5.41 Å². The third kappa shape index (κ3) is 3.39. The molecule has 0 spiro atoms. The Hall–Kier alpha value is -2.53. The molecule has 3 aliphatic rings. The Morgan fingerprint density at radius 3 is 2.07 bits per heavy atom. The molecule has 5 heteroatoms. The van der Waals surface area contributed by atoms with Gasteiger partial charge in [0, 0.05) is 0 Å². The number of carbonyl (C=O) groups is 1. The van der Waals surface area contributed by atoms with Crippen LogP contribution < -0.4 is 9.47 Å². The number of rotatable bonds is 6. The molecule has 0 saturated heterocycles. The van der Waals surface area contributed by atoms with Crippen LogP contribution in [0.2, 0.25) is 0 Å². The summed E-state index contributed by atoms with van der Waals surface area (Å²) in [6.07, 6.45) is 8.23. The van der Waals surface area contributed by atoms with Gasteiger partial charge in [-0.2, -0.15) is 10.5 Å². The number of fused-ring (bicyclic) bond motifs is 3. The van der Waals surface area contributed by atoms with Gasteiger partial charge in [0.2, 0.25) is 0 Å². The summed E-state index contributed by atoms with van der Waals surface area (Å²) in [6, 6.07) is 7.17. The second-order valence-electron chi connectivity index (χ2n) is 7.89. The Bertz CT molecular complexity index is 792. The van der Waals surface area contributed by atoms with Gasteiger partial charge >= 0.3 is 5.97 Å². The van der Waals surface area contributed by atoms with Gasteiger partial charge in [-0.25, -0.2) is 0 Å². The Labute approximate surface area is 160 Å². The molecule has 0 N–H and O–H groups in total. The standard InChI is InChI=1S/C22H26N2O3/c1-3-7-21-8-11-22(12-9-21,13-10-21)20(25)27-19-6-5-18(26-4-2)16(14-23)17(19)15-24/h5-6H,3-4,7-13H2,1-2H3. The predicted octanol–water partition coefficient (Wildman–Crippen LogP) is 4.87. The van der Waals surface area contributed by atoms with E-state index in [0.29, 0.717) is 17.8 Å². The Balaban J connectivity index is 1.82. The molecule has 3 aliphatic carbocycles. The molecule has 3 saturated carbocycles. The van der Waals surface area contributed by atoms with Crippen molar-refractivity contribution in [2.45, 2.75) is 65.2 Å². The lowest BCUT2D eigenvalue weighted by molar-refractivity contribution is -0.156. The van der Waals surface area contributed by atoms with Crippen molar-refractivity contribution in [1.82, 2.24) is 0 Å². The van der Waals surface area contributed by atoms with Gasteiger partial charge < -0.3 is 9.47 Å². The molecule has 0 atom stereocenters. The van der Waals surface area contributed by atoms with Crippen LogP contribution in [0.3, 0.4) is 0 Å². The van der Waals surface area contributed by atoms with Crippen molar-refractivity contribution >= 4 is 5.97 Å². The molecule has 3 fully saturated rings. The maximum Gasteiger partial charge on any atom is 0.317 e. The highest BCUT2D eigenvalue weighted by Crippen LogP contribution is 2.59. The largest absolute Gasteiger partial charge is 0.492 e. The van der Waals surface area contributed by atoms with Crippen LogP contribution in [0.4, 0.5) is 0 Å². The first kappa shape index (κ1) is 19.2. The summed E-state index contributed by atoms with van der Waals surface area (Å²) in [5, 5.41) is 18.9. The maximum atomic E-state index is 13.0. The van der Waals surface area contributed by atoms with Crippen LogP contribution in [0, 0.1) is 33.5 Å². The van der Waals surface area contributed by atoms with Gasteiger partial charge in [0.15, 0.2) is 0 Å². The van der Waals surface area contributed by atoms with Crippen LogP contribution in [-0.4, -0.2) is 12.6 Å². The van der Waals surface area contributed by atoms with E-state index in [2.05, 4.69) is 6.92 Å². The molecule has 27 heavy (non-hydrogen) atoms. The van der Waals surface area contributed by atoms with E-state index in [0.717, 1.165) is 38.5 Å². The van der Waals surface area contributed by atoms with Crippen molar-refractivity contribution in [3.8, 4) is 23.6 Å². The van der Waals surface area contributed by atoms with E-state index in [9.17, 15) is 15.3 Å². The monoisotopic (exact) mass is 366 g/mol. The van der Waals surface area contributed by atoms with Crippen molar-refractivity contribution in [2.75, 3.05) is 6.61 Å². The van der Waals surface area contributed by atoms with Crippen molar-refractivity contribution < 1.29 is 14.3 Å². The lowest BCUT2D eigenvalue weighted by atomic mass is 9.52. The Morgan fingerprint density at radius 1 is 1.00 bits per heavy atom. The lowest BCUT2D eigenvalue weighted by Gasteiger charge is -2.52. The minimum absolute atomic E-state index is 0.0696. The first-order chi connectivity index (χ1) is 13.0. The zero-order chi connectivity index (χ0) is 19.5. The number of ether oxygens (including phenoxy) is 2. The van der Waals surface area contributed by atoms with Crippen molar-refractivity contribution in [2.24, 2.45) is 10.8 Å². The van der Waals surface area contributed by atoms with Gasteiger partial charge in [0.05, 0.1) is 12.0 Å². The topological polar surface area (TPSA) is 83.1 Å². The van der Waals surface area contributed by atoms with Crippen LogP contribution in [0.25, 0.3) is 0 Å². The molecule has 0 aliphatic heterocycles. The van der Waals surface area contributed by atoms with Crippen LogP contribution in [0.1, 0.15) is 76.3 Å². The summed E-state index contributed by atoms with van der Waals surface area (Å²) in [6.45, 7) is 4.42. The number of benzene rings is 1. The second kappa shape index (κ2) is 7.61. The highest BCUT2D eigenvalue weighted by molar-refractivity contribution is 5.81. The van der Waals surface area contributed by atoms with Crippen molar-refractivity contribution in [1.29, 1.82) is 10.5 Å². The van der Waals surface area contributed by atoms with Gasteiger partial charge in [-0.3, -0.25) is 4.79 Å². The quantitative estimate of drug-likeness (QED) is 0.529. The number of hydrogen-bond donors (Lipinski definition) is 0. The van der Waals surface area contributed by atoms with E-state index >= 15 is 0 Å². The molecule has 0 amide bonds. The van der Waals surface area contributed by atoms with Gasteiger partial charge in [-0.1, -0.05) is 13.3 Å². The number of nitriles is 2.